The lowest BCUT2D eigenvalue weighted by Crippen LogP contribution is -2.32. The molecule has 0 aliphatic heterocycles. The van der Waals surface area contributed by atoms with Crippen LogP contribution in [0.1, 0.15) is 44.2 Å². The average molecular weight is 240 g/mol. The first-order valence-corrected chi connectivity index (χ1v) is 6.52. The van der Waals surface area contributed by atoms with Crippen LogP contribution >= 0.6 is 0 Å². The Morgan fingerprint density at radius 1 is 1.17 bits per heavy atom. The van der Waals surface area contributed by atoms with Crippen LogP contribution in [0.25, 0.3) is 0 Å². The number of benzene rings is 1. The monoisotopic (exact) mass is 240 g/mol. The lowest BCUT2D eigenvalue weighted by molar-refractivity contribution is -0.120. The van der Waals surface area contributed by atoms with E-state index in [1.54, 1.807) is 6.92 Å². The molecule has 0 fully saturated rings. The number of hydrogen-bond acceptors (Lipinski definition) is 1. The molecule has 0 radical (unpaired) electrons. The quantitative estimate of drug-likeness (QED) is 0.775. The molecule has 0 amide bonds. The highest BCUT2D eigenvalue weighted by Crippen LogP contribution is 2.34. The third-order valence-electron chi connectivity index (χ3n) is 3.79. The number of rotatable bonds is 3. The van der Waals surface area contributed by atoms with E-state index in [1.165, 1.54) is 5.56 Å². The normalized spacial score (nSPS) is 22.4. The van der Waals surface area contributed by atoms with E-state index < -0.39 is 5.41 Å². The molecule has 1 atom stereocenters. The standard InChI is InChI=1S/C17H20O/c1-13(2)15-7-9-16(10-8-15)17(14(3)18)11-5-4-6-12-17/h4-11,13H,12H2,1-3H3. The number of allylic oxidation sites excluding steroid dienone is 4. The summed E-state index contributed by atoms with van der Waals surface area (Å²) >= 11 is 0. The summed E-state index contributed by atoms with van der Waals surface area (Å²) in [5, 5.41) is 0. The second-order valence-corrected chi connectivity index (χ2v) is 5.30. The van der Waals surface area contributed by atoms with E-state index in [9.17, 15) is 4.79 Å². The van der Waals surface area contributed by atoms with E-state index in [4.69, 9.17) is 0 Å². The van der Waals surface area contributed by atoms with Crippen molar-refractivity contribution in [3.05, 3.63) is 59.7 Å². The smallest absolute Gasteiger partial charge is 0.144 e. The summed E-state index contributed by atoms with van der Waals surface area (Å²) in [5.41, 5.74) is 1.96. The van der Waals surface area contributed by atoms with Crippen LogP contribution in [0.4, 0.5) is 0 Å². The molecule has 2 rings (SSSR count). The maximum absolute atomic E-state index is 12.1. The van der Waals surface area contributed by atoms with Gasteiger partial charge in [0, 0.05) is 0 Å². The minimum absolute atomic E-state index is 0.209. The minimum atomic E-state index is -0.454. The van der Waals surface area contributed by atoms with Crippen LogP contribution in [0.2, 0.25) is 0 Å². The van der Waals surface area contributed by atoms with E-state index >= 15 is 0 Å². The lowest BCUT2D eigenvalue weighted by Gasteiger charge is -2.29. The van der Waals surface area contributed by atoms with E-state index in [0.717, 1.165) is 12.0 Å². The molecule has 0 aromatic heterocycles. The highest BCUT2D eigenvalue weighted by Gasteiger charge is 2.34. The number of ketones is 1. The van der Waals surface area contributed by atoms with Crippen molar-refractivity contribution in [2.45, 2.75) is 38.5 Å². The molecule has 18 heavy (non-hydrogen) atoms. The molecule has 1 aromatic rings. The minimum Gasteiger partial charge on any atom is -0.299 e. The zero-order valence-electron chi connectivity index (χ0n) is 11.3. The molecular weight excluding hydrogens is 220 g/mol. The zero-order valence-corrected chi connectivity index (χ0v) is 11.3. The number of carbonyl (C=O) groups excluding carboxylic acids is 1. The molecule has 1 aromatic carbocycles. The molecule has 1 unspecified atom stereocenters. The fourth-order valence-electron chi connectivity index (χ4n) is 2.46. The predicted molar refractivity (Wildman–Crippen MR) is 75.8 cm³/mol. The summed E-state index contributed by atoms with van der Waals surface area (Å²) in [5.74, 6) is 0.731. The van der Waals surface area contributed by atoms with Gasteiger partial charge in [0.2, 0.25) is 0 Å². The summed E-state index contributed by atoms with van der Waals surface area (Å²) in [7, 11) is 0. The Balaban J connectivity index is 2.41. The molecule has 0 heterocycles. The van der Waals surface area contributed by atoms with Crippen LogP contribution in [-0.2, 0) is 10.2 Å². The Bertz CT molecular complexity index is 491. The van der Waals surface area contributed by atoms with Crippen LogP contribution in [0, 0.1) is 0 Å². The van der Waals surface area contributed by atoms with Crippen molar-refractivity contribution in [1.82, 2.24) is 0 Å². The molecule has 0 N–H and O–H groups in total. The van der Waals surface area contributed by atoms with Crippen LogP contribution < -0.4 is 0 Å². The molecule has 0 saturated carbocycles. The van der Waals surface area contributed by atoms with Gasteiger partial charge in [-0.15, -0.1) is 0 Å². The molecule has 1 heteroatoms. The fourth-order valence-corrected chi connectivity index (χ4v) is 2.46. The van der Waals surface area contributed by atoms with Gasteiger partial charge in [-0.3, -0.25) is 4.79 Å². The van der Waals surface area contributed by atoms with Crippen molar-refractivity contribution in [3.63, 3.8) is 0 Å². The summed E-state index contributed by atoms with van der Waals surface area (Å²) in [4.78, 5) is 12.1. The van der Waals surface area contributed by atoms with Gasteiger partial charge < -0.3 is 0 Å². The second-order valence-electron chi connectivity index (χ2n) is 5.30. The van der Waals surface area contributed by atoms with Gasteiger partial charge in [0.1, 0.15) is 5.78 Å². The van der Waals surface area contributed by atoms with Gasteiger partial charge in [0.05, 0.1) is 5.41 Å². The van der Waals surface area contributed by atoms with Crippen molar-refractivity contribution in [1.29, 1.82) is 0 Å². The first kappa shape index (κ1) is 12.8. The summed E-state index contributed by atoms with van der Waals surface area (Å²) in [6.07, 6.45) is 8.84. The van der Waals surface area contributed by atoms with Crippen molar-refractivity contribution < 1.29 is 4.79 Å². The van der Waals surface area contributed by atoms with E-state index in [-0.39, 0.29) is 5.78 Å². The van der Waals surface area contributed by atoms with Gasteiger partial charge in [-0.2, -0.15) is 0 Å². The molecular formula is C17H20O. The first-order valence-electron chi connectivity index (χ1n) is 6.52. The summed E-state index contributed by atoms with van der Waals surface area (Å²) in [6.45, 7) is 6.04. The molecule has 0 spiro atoms. The maximum atomic E-state index is 12.1. The van der Waals surface area contributed by atoms with E-state index in [0.29, 0.717) is 5.92 Å². The second kappa shape index (κ2) is 4.93. The largest absolute Gasteiger partial charge is 0.299 e. The van der Waals surface area contributed by atoms with E-state index in [1.807, 2.05) is 18.2 Å². The van der Waals surface area contributed by atoms with Crippen molar-refractivity contribution in [3.8, 4) is 0 Å². The molecule has 0 saturated heterocycles. The fraction of sp³-hybridized carbons (Fsp3) is 0.353. The van der Waals surface area contributed by atoms with Crippen LogP contribution in [0.5, 0.6) is 0 Å². The predicted octanol–water partition coefficient (Wildman–Crippen LogP) is 4.15. The number of Topliss-reactive ketones (excluding diaryl/α,β-unsaturated/α-hetero) is 1. The number of carbonyl (C=O) groups is 1. The highest BCUT2D eigenvalue weighted by molar-refractivity contribution is 5.91. The maximum Gasteiger partial charge on any atom is 0.144 e. The van der Waals surface area contributed by atoms with Crippen molar-refractivity contribution in [2.24, 2.45) is 0 Å². The Labute approximate surface area is 109 Å². The third-order valence-corrected chi connectivity index (χ3v) is 3.79. The SMILES string of the molecule is CC(=O)C1(c2ccc(C(C)C)cc2)C=CC=CC1. The Kier molecular flexibility index (Phi) is 3.51. The number of hydrogen-bond donors (Lipinski definition) is 0. The van der Waals surface area contributed by atoms with Crippen LogP contribution in [0.15, 0.2) is 48.6 Å². The van der Waals surface area contributed by atoms with Gasteiger partial charge in [-0.1, -0.05) is 62.4 Å². The topological polar surface area (TPSA) is 17.1 Å². The Morgan fingerprint density at radius 2 is 1.83 bits per heavy atom. The van der Waals surface area contributed by atoms with Gasteiger partial charge in [-0.25, -0.2) is 0 Å². The lowest BCUT2D eigenvalue weighted by atomic mass is 9.72. The van der Waals surface area contributed by atoms with Gasteiger partial charge in [-0.05, 0) is 30.4 Å². The van der Waals surface area contributed by atoms with Crippen LogP contribution in [-0.4, -0.2) is 5.78 Å². The molecule has 1 aliphatic rings. The molecule has 94 valence electrons. The van der Waals surface area contributed by atoms with E-state index in [2.05, 4.69) is 44.2 Å². The Hall–Kier alpha value is -1.63. The third kappa shape index (κ3) is 2.17. The van der Waals surface area contributed by atoms with Gasteiger partial charge in [0.15, 0.2) is 0 Å². The zero-order chi connectivity index (χ0) is 13.2. The molecule has 0 bridgehead atoms. The van der Waals surface area contributed by atoms with Gasteiger partial charge >= 0.3 is 0 Å². The average Bonchev–Trinajstić information content (AvgIpc) is 2.39. The summed E-state index contributed by atoms with van der Waals surface area (Å²) < 4.78 is 0. The first-order chi connectivity index (χ1) is 8.56. The molecule has 1 nitrogen and oxygen atoms in total. The van der Waals surface area contributed by atoms with Gasteiger partial charge in [0.25, 0.3) is 0 Å². The molecule has 1 aliphatic carbocycles. The van der Waals surface area contributed by atoms with Crippen molar-refractivity contribution in [2.75, 3.05) is 0 Å². The van der Waals surface area contributed by atoms with Crippen molar-refractivity contribution >= 4 is 5.78 Å². The highest BCUT2D eigenvalue weighted by atomic mass is 16.1. The Morgan fingerprint density at radius 3 is 2.28 bits per heavy atom. The summed E-state index contributed by atoms with van der Waals surface area (Å²) in [6, 6.07) is 8.47. The van der Waals surface area contributed by atoms with Crippen LogP contribution in [0.3, 0.4) is 0 Å².